The molecule has 0 unspecified atom stereocenters. The number of rotatable bonds is 5. The summed E-state index contributed by atoms with van der Waals surface area (Å²) in [6.07, 6.45) is 9.83. The van der Waals surface area contributed by atoms with Crippen LogP contribution in [0.15, 0.2) is 24.5 Å². The minimum atomic E-state index is 0.106. The van der Waals surface area contributed by atoms with E-state index in [9.17, 15) is 5.11 Å². The predicted molar refractivity (Wildman–Crippen MR) is 73.3 cm³/mol. The van der Waals surface area contributed by atoms with Gasteiger partial charge in [0.2, 0.25) is 0 Å². The number of hydrogen-bond donors (Lipinski definition) is 2. The van der Waals surface area contributed by atoms with E-state index in [0.29, 0.717) is 12.6 Å². The monoisotopic (exact) mass is 248 g/mol. The second-order valence-corrected chi connectivity index (χ2v) is 5.61. The third kappa shape index (κ3) is 3.30. The first-order chi connectivity index (χ1) is 8.76. The van der Waals surface area contributed by atoms with Gasteiger partial charge in [0.25, 0.3) is 0 Å². The summed E-state index contributed by atoms with van der Waals surface area (Å²) >= 11 is 0. The molecule has 2 rings (SSSR count). The summed E-state index contributed by atoms with van der Waals surface area (Å²) in [6.45, 7) is 3.37. The molecule has 0 bridgehead atoms. The summed E-state index contributed by atoms with van der Waals surface area (Å²) in [6, 6.07) is 4.36. The summed E-state index contributed by atoms with van der Waals surface area (Å²) < 4.78 is 0. The van der Waals surface area contributed by atoms with Gasteiger partial charge in [-0.3, -0.25) is 4.98 Å². The van der Waals surface area contributed by atoms with E-state index in [4.69, 9.17) is 0 Å². The van der Waals surface area contributed by atoms with Crippen molar-refractivity contribution in [1.82, 2.24) is 10.3 Å². The van der Waals surface area contributed by atoms with Gasteiger partial charge in [0.05, 0.1) is 0 Å². The highest BCUT2D eigenvalue weighted by Crippen LogP contribution is 2.35. The number of aliphatic hydroxyl groups excluding tert-OH is 1. The van der Waals surface area contributed by atoms with Crippen molar-refractivity contribution in [3.8, 4) is 0 Å². The molecule has 1 aromatic heterocycles. The minimum absolute atomic E-state index is 0.106. The summed E-state index contributed by atoms with van der Waals surface area (Å²) in [5, 5.41) is 13.2. The second kappa shape index (κ2) is 6.30. The van der Waals surface area contributed by atoms with Crippen molar-refractivity contribution in [2.24, 2.45) is 5.41 Å². The van der Waals surface area contributed by atoms with E-state index in [1.165, 1.54) is 24.8 Å². The van der Waals surface area contributed by atoms with Gasteiger partial charge in [-0.2, -0.15) is 0 Å². The molecule has 100 valence electrons. The highest BCUT2D eigenvalue weighted by atomic mass is 16.3. The van der Waals surface area contributed by atoms with Gasteiger partial charge >= 0.3 is 0 Å². The molecule has 3 heteroatoms. The van der Waals surface area contributed by atoms with E-state index < -0.39 is 0 Å². The van der Waals surface area contributed by atoms with Crippen molar-refractivity contribution in [2.45, 2.75) is 45.1 Å². The van der Waals surface area contributed by atoms with E-state index in [1.807, 2.05) is 12.3 Å². The molecule has 18 heavy (non-hydrogen) atoms. The third-order valence-corrected chi connectivity index (χ3v) is 4.22. The average Bonchev–Trinajstić information content (AvgIpc) is 2.47. The molecule has 1 aliphatic rings. The number of hydrogen-bond acceptors (Lipinski definition) is 3. The normalized spacial score (nSPS) is 20.6. The fourth-order valence-electron chi connectivity index (χ4n) is 2.81. The fraction of sp³-hybridized carbons (Fsp3) is 0.667. The molecule has 1 aliphatic carbocycles. The lowest BCUT2D eigenvalue weighted by Gasteiger charge is -2.36. The van der Waals surface area contributed by atoms with Crippen molar-refractivity contribution in [2.75, 3.05) is 13.2 Å². The van der Waals surface area contributed by atoms with E-state index in [2.05, 4.69) is 23.3 Å². The van der Waals surface area contributed by atoms with Crippen LogP contribution in [0.5, 0.6) is 0 Å². The number of aromatic nitrogens is 1. The Morgan fingerprint density at radius 3 is 2.78 bits per heavy atom. The number of aliphatic hydroxyl groups is 1. The molecule has 0 saturated heterocycles. The summed E-state index contributed by atoms with van der Waals surface area (Å²) in [5.41, 5.74) is 1.32. The summed E-state index contributed by atoms with van der Waals surface area (Å²) in [4.78, 5) is 4.15. The highest BCUT2D eigenvalue weighted by molar-refractivity contribution is 5.12. The molecule has 0 amide bonds. The Kier molecular flexibility index (Phi) is 4.72. The van der Waals surface area contributed by atoms with E-state index in [1.54, 1.807) is 6.20 Å². The van der Waals surface area contributed by atoms with Crippen LogP contribution in [-0.2, 0) is 0 Å². The van der Waals surface area contributed by atoms with Crippen LogP contribution in [-0.4, -0.2) is 23.2 Å². The molecule has 1 saturated carbocycles. The molecule has 1 fully saturated rings. The first kappa shape index (κ1) is 13.5. The zero-order valence-electron chi connectivity index (χ0n) is 11.2. The average molecular weight is 248 g/mol. The standard InChI is InChI=1S/C15H24N2O/c1-13(14-6-5-9-16-10-14)17-11-15(12-18)7-3-2-4-8-15/h5-6,9-10,13,17-18H,2-4,7-8,11-12H2,1H3/t13-/m1/s1. The SMILES string of the molecule is C[C@@H](NCC1(CO)CCCCC1)c1cccnc1. The highest BCUT2D eigenvalue weighted by Gasteiger charge is 2.31. The van der Waals surface area contributed by atoms with E-state index in [0.717, 1.165) is 19.4 Å². The number of nitrogens with zero attached hydrogens (tertiary/aromatic N) is 1. The first-order valence-corrected chi connectivity index (χ1v) is 7.00. The first-order valence-electron chi connectivity index (χ1n) is 7.00. The van der Waals surface area contributed by atoms with E-state index >= 15 is 0 Å². The topological polar surface area (TPSA) is 45.1 Å². The van der Waals surface area contributed by atoms with Gasteiger partial charge in [-0.1, -0.05) is 25.3 Å². The smallest absolute Gasteiger partial charge is 0.0499 e. The Hall–Kier alpha value is -0.930. The van der Waals surface area contributed by atoms with Gasteiger partial charge in [0.15, 0.2) is 0 Å². The van der Waals surface area contributed by atoms with Crippen molar-refractivity contribution in [3.05, 3.63) is 30.1 Å². The van der Waals surface area contributed by atoms with Gasteiger partial charge in [0.1, 0.15) is 0 Å². The predicted octanol–water partition coefficient (Wildman–Crippen LogP) is 2.68. The van der Waals surface area contributed by atoms with Gasteiger partial charge in [-0.05, 0) is 31.4 Å². The Morgan fingerprint density at radius 2 is 2.17 bits per heavy atom. The number of nitrogens with one attached hydrogen (secondary N) is 1. The minimum Gasteiger partial charge on any atom is -0.396 e. The van der Waals surface area contributed by atoms with Crippen LogP contribution in [0.1, 0.15) is 50.6 Å². The fourth-order valence-corrected chi connectivity index (χ4v) is 2.81. The third-order valence-electron chi connectivity index (χ3n) is 4.22. The van der Waals surface area contributed by atoms with Gasteiger partial charge in [-0.15, -0.1) is 0 Å². The molecule has 1 aromatic rings. The molecule has 0 aliphatic heterocycles. The van der Waals surface area contributed by atoms with Crippen molar-refractivity contribution in [1.29, 1.82) is 0 Å². The van der Waals surface area contributed by atoms with Crippen LogP contribution in [0.25, 0.3) is 0 Å². The van der Waals surface area contributed by atoms with Crippen molar-refractivity contribution >= 4 is 0 Å². The maximum atomic E-state index is 9.67. The summed E-state index contributed by atoms with van der Waals surface area (Å²) in [5.74, 6) is 0. The zero-order valence-corrected chi connectivity index (χ0v) is 11.2. The van der Waals surface area contributed by atoms with Crippen LogP contribution in [0.4, 0.5) is 0 Å². The molecule has 0 spiro atoms. The second-order valence-electron chi connectivity index (χ2n) is 5.61. The van der Waals surface area contributed by atoms with Gasteiger partial charge < -0.3 is 10.4 Å². The molecule has 1 heterocycles. The molecule has 0 radical (unpaired) electrons. The Labute approximate surface area is 110 Å². The number of pyridine rings is 1. The zero-order chi connectivity index (χ0) is 12.8. The molecule has 0 aromatic carbocycles. The molecular weight excluding hydrogens is 224 g/mol. The Bertz CT molecular complexity index is 347. The molecule has 2 N–H and O–H groups in total. The quantitative estimate of drug-likeness (QED) is 0.842. The lowest BCUT2D eigenvalue weighted by molar-refractivity contribution is 0.0788. The van der Waals surface area contributed by atoms with Gasteiger partial charge in [0, 0.05) is 37.0 Å². The van der Waals surface area contributed by atoms with Crippen LogP contribution in [0.2, 0.25) is 0 Å². The molecule has 1 atom stereocenters. The van der Waals surface area contributed by atoms with E-state index in [-0.39, 0.29) is 5.41 Å². The lowest BCUT2D eigenvalue weighted by Crippen LogP contribution is -2.40. The van der Waals surface area contributed by atoms with Crippen molar-refractivity contribution < 1.29 is 5.11 Å². The maximum absolute atomic E-state index is 9.67. The van der Waals surface area contributed by atoms with Gasteiger partial charge in [-0.25, -0.2) is 0 Å². The van der Waals surface area contributed by atoms with Crippen molar-refractivity contribution in [3.63, 3.8) is 0 Å². The Morgan fingerprint density at radius 1 is 1.39 bits per heavy atom. The van der Waals surface area contributed by atoms with Crippen LogP contribution >= 0.6 is 0 Å². The summed E-state index contributed by atoms with van der Waals surface area (Å²) in [7, 11) is 0. The Balaban J connectivity index is 1.90. The molecular formula is C15H24N2O. The van der Waals surface area contributed by atoms with Crippen LogP contribution in [0.3, 0.4) is 0 Å². The lowest BCUT2D eigenvalue weighted by atomic mass is 9.74. The molecule has 3 nitrogen and oxygen atoms in total. The largest absolute Gasteiger partial charge is 0.396 e. The van der Waals surface area contributed by atoms with Crippen LogP contribution < -0.4 is 5.32 Å². The van der Waals surface area contributed by atoms with Crippen LogP contribution in [0, 0.1) is 5.41 Å². The maximum Gasteiger partial charge on any atom is 0.0499 e.